The second-order valence-electron chi connectivity index (χ2n) is 3.89. The molecule has 0 radical (unpaired) electrons. The van der Waals surface area contributed by atoms with E-state index in [1.165, 1.54) is 6.42 Å². The molecule has 1 aliphatic rings. The number of carbonyl (C=O) groups is 1. The molecule has 1 rings (SSSR count). The third kappa shape index (κ3) is 3.17. The van der Waals surface area contributed by atoms with Gasteiger partial charge in [-0.25, -0.2) is 0 Å². The molecule has 0 aromatic carbocycles. The van der Waals surface area contributed by atoms with Crippen LogP contribution >= 0.6 is 11.8 Å². The van der Waals surface area contributed by atoms with Crippen LogP contribution in [0.5, 0.6) is 0 Å². The van der Waals surface area contributed by atoms with Crippen LogP contribution < -0.4 is 11.1 Å². The maximum atomic E-state index is 11.5. The SMILES string of the molecule is CC[C@H](N)C(=O)NC1CCC(SC)C1. The molecule has 1 saturated carbocycles. The number of amides is 1. The molecule has 0 aliphatic heterocycles. The van der Waals surface area contributed by atoms with Crippen molar-refractivity contribution >= 4 is 17.7 Å². The fraction of sp³-hybridized carbons (Fsp3) is 0.900. The van der Waals surface area contributed by atoms with E-state index in [4.69, 9.17) is 5.73 Å². The topological polar surface area (TPSA) is 55.1 Å². The zero-order chi connectivity index (χ0) is 10.6. The minimum Gasteiger partial charge on any atom is -0.352 e. The lowest BCUT2D eigenvalue weighted by Gasteiger charge is -2.15. The van der Waals surface area contributed by atoms with E-state index < -0.39 is 0 Å². The van der Waals surface area contributed by atoms with Crippen LogP contribution in [0.3, 0.4) is 0 Å². The molecule has 0 spiro atoms. The van der Waals surface area contributed by atoms with Gasteiger partial charge in [0.15, 0.2) is 0 Å². The quantitative estimate of drug-likeness (QED) is 0.740. The van der Waals surface area contributed by atoms with Gasteiger partial charge in [0.1, 0.15) is 0 Å². The van der Waals surface area contributed by atoms with Gasteiger partial charge >= 0.3 is 0 Å². The monoisotopic (exact) mass is 216 g/mol. The van der Waals surface area contributed by atoms with Crippen molar-refractivity contribution < 1.29 is 4.79 Å². The predicted octanol–water partition coefficient (Wildman–Crippen LogP) is 1.12. The van der Waals surface area contributed by atoms with Crippen molar-refractivity contribution in [2.45, 2.75) is 49.9 Å². The summed E-state index contributed by atoms with van der Waals surface area (Å²) in [4.78, 5) is 11.5. The number of carbonyl (C=O) groups excluding carboxylic acids is 1. The van der Waals surface area contributed by atoms with Crippen LogP contribution in [0, 0.1) is 0 Å². The number of hydrogen-bond acceptors (Lipinski definition) is 3. The zero-order valence-corrected chi connectivity index (χ0v) is 9.77. The number of hydrogen-bond donors (Lipinski definition) is 2. The summed E-state index contributed by atoms with van der Waals surface area (Å²) < 4.78 is 0. The molecule has 0 aromatic rings. The van der Waals surface area contributed by atoms with Crippen molar-refractivity contribution in [2.75, 3.05) is 6.26 Å². The molecule has 0 saturated heterocycles. The molecule has 3 atom stereocenters. The lowest BCUT2D eigenvalue weighted by Crippen LogP contribution is -2.44. The first kappa shape index (κ1) is 11.9. The number of thioether (sulfide) groups is 1. The minimum absolute atomic E-state index is 0.0132. The van der Waals surface area contributed by atoms with E-state index in [0.717, 1.165) is 18.1 Å². The summed E-state index contributed by atoms with van der Waals surface area (Å²) in [6, 6.07) is 0.0286. The van der Waals surface area contributed by atoms with Gasteiger partial charge in [0.25, 0.3) is 0 Å². The van der Waals surface area contributed by atoms with Gasteiger partial charge in [0.05, 0.1) is 6.04 Å². The molecule has 1 amide bonds. The molecule has 1 aliphatic carbocycles. The molecule has 3 nitrogen and oxygen atoms in total. The van der Waals surface area contributed by atoms with Crippen molar-refractivity contribution in [2.24, 2.45) is 5.73 Å². The normalized spacial score (nSPS) is 28.8. The third-order valence-electron chi connectivity index (χ3n) is 2.84. The first-order valence-electron chi connectivity index (χ1n) is 5.26. The molecule has 0 bridgehead atoms. The molecule has 0 aromatic heterocycles. The van der Waals surface area contributed by atoms with Gasteiger partial charge in [-0.2, -0.15) is 11.8 Å². The van der Waals surface area contributed by atoms with Gasteiger partial charge in [0.2, 0.25) is 5.91 Å². The highest BCUT2D eigenvalue weighted by Crippen LogP contribution is 2.28. The molecule has 0 heterocycles. The zero-order valence-electron chi connectivity index (χ0n) is 8.95. The highest BCUT2D eigenvalue weighted by Gasteiger charge is 2.26. The number of rotatable bonds is 4. The van der Waals surface area contributed by atoms with E-state index in [2.05, 4.69) is 11.6 Å². The predicted molar refractivity (Wildman–Crippen MR) is 61.4 cm³/mol. The van der Waals surface area contributed by atoms with Gasteiger partial charge in [-0.05, 0) is 31.9 Å². The summed E-state index contributed by atoms with van der Waals surface area (Å²) in [5.41, 5.74) is 5.64. The Bertz CT molecular complexity index is 199. The smallest absolute Gasteiger partial charge is 0.237 e. The molecular weight excluding hydrogens is 196 g/mol. The van der Waals surface area contributed by atoms with Crippen LogP contribution in [0.1, 0.15) is 32.6 Å². The second-order valence-corrected chi connectivity index (χ2v) is 5.03. The Morgan fingerprint density at radius 3 is 2.86 bits per heavy atom. The minimum atomic E-state index is -0.330. The highest BCUT2D eigenvalue weighted by atomic mass is 32.2. The first-order valence-corrected chi connectivity index (χ1v) is 6.55. The van der Waals surface area contributed by atoms with Gasteiger partial charge < -0.3 is 11.1 Å². The van der Waals surface area contributed by atoms with E-state index in [1.807, 2.05) is 18.7 Å². The third-order valence-corrected chi connectivity index (χ3v) is 3.94. The van der Waals surface area contributed by atoms with Gasteiger partial charge in [-0.3, -0.25) is 4.79 Å². The van der Waals surface area contributed by atoms with Crippen LogP contribution in [-0.4, -0.2) is 29.5 Å². The van der Waals surface area contributed by atoms with E-state index in [9.17, 15) is 4.79 Å². The van der Waals surface area contributed by atoms with Crippen LogP contribution in [0.4, 0.5) is 0 Å². The van der Waals surface area contributed by atoms with E-state index in [0.29, 0.717) is 12.5 Å². The maximum absolute atomic E-state index is 11.5. The van der Waals surface area contributed by atoms with Crippen molar-refractivity contribution in [3.63, 3.8) is 0 Å². The molecular formula is C10H20N2OS. The van der Waals surface area contributed by atoms with Gasteiger partial charge in [0, 0.05) is 11.3 Å². The number of nitrogens with one attached hydrogen (secondary N) is 1. The van der Waals surface area contributed by atoms with Crippen molar-refractivity contribution in [3.05, 3.63) is 0 Å². The Morgan fingerprint density at radius 2 is 2.36 bits per heavy atom. The average Bonchev–Trinajstić information content (AvgIpc) is 2.64. The van der Waals surface area contributed by atoms with E-state index in [1.54, 1.807) is 0 Å². The molecule has 1 fully saturated rings. The largest absolute Gasteiger partial charge is 0.352 e. The summed E-state index contributed by atoms with van der Waals surface area (Å²) in [6.07, 6.45) is 6.27. The van der Waals surface area contributed by atoms with Crippen molar-refractivity contribution in [1.29, 1.82) is 0 Å². The van der Waals surface area contributed by atoms with Gasteiger partial charge in [-0.15, -0.1) is 0 Å². The van der Waals surface area contributed by atoms with Crippen molar-refractivity contribution in [1.82, 2.24) is 5.32 Å². The molecule has 4 heteroatoms. The Labute approximate surface area is 90.2 Å². The second kappa shape index (κ2) is 5.61. The maximum Gasteiger partial charge on any atom is 0.237 e. The molecule has 3 N–H and O–H groups in total. The Kier molecular flexibility index (Phi) is 4.75. The average molecular weight is 216 g/mol. The van der Waals surface area contributed by atoms with Gasteiger partial charge in [-0.1, -0.05) is 6.92 Å². The fourth-order valence-electron chi connectivity index (χ4n) is 1.78. The fourth-order valence-corrected chi connectivity index (χ4v) is 2.58. The van der Waals surface area contributed by atoms with Crippen molar-refractivity contribution in [3.8, 4) is 0 Å². The Balaban J connectivity index is 2.28. The lowest BCUT2D eigenvalue weighted by molar-refractivity contribution is -0.123. The van der Waals surface area contributed by atoms with Crippen LogP contribution in [0.2, 0.25) is 0 Å². The van der Waals surface area contributed by atoms with Crippen LogP contribution in [0.15, 0.2) is 0 Å². The summed E-state index contributed by atoms with van der Waals surface area (Å²) in [5.74, 6) is 0.0132. The Hall–Kier alpha value is -0.220. The summed E-state index contributed by atoms with van der Waals surface area (Å²) in [5, 5.41) is 3.74. The Morgan fingerprint density at radius 1 is 1.64 bits per heavy atom. The number of nitrogens with two attached hydrogens (primary N) is 1. The summed E-state index contributed by atoms with van der Waals surface area (Å²) >= 11 is 1.89. The highest BCUT2D eigenvalue weighted by molar-refractivity contribution is 7.99. The summed E-state index contributed by atoms with van der Waals surface area (Å²) in [7, 11) is 0. The molecule has 14 heavy (non-hydrogen) atoms. The first-order chi connectivity index (χ1) is 6.67. The van der Waals surface area contributed by atoms with Crippen LogP contribution in [0.25, 0.3) is 0 Å². The lowest BCUT2D eigenvalue weighted by atomic mass is 10.2. The molecule has 2 unspecified atom stereocenters. The summed E-state index contributed by atoms with van der Waals surface area (Å²) in [6.45, 7) is 1.93. The molecule has 82 valence electrons. The van der Waals surface area contributed by atoms with Crippen LogP contribution in [-0.2, 0) is 4.79 Å². The van der Waals surface area contributed by atoms with E-state index >= 15 is 0 Å². The van der Waals surface area contributed by atoms with E-state index in [-0.39, 0.29) is 11.9 Å². The standard InChI is InChI=1S/C10H20N2OS/c1-3-9(11)10(13)12-7-4-5-8(6-7)14-2/h7-9H,3-6,11H2,1-2H3,(H,12,13)/t7?,8?,9-/m0/s1.